The standard InChI is InChI=1S/C17H29F2NO3Si/c1-17(2,3)24(4,5)23-16(6-7-21)15(20)11-22-14-9-12(18)8-13(19)10-14/h8-10,15-16,21H,6-7,11,20H2,1-5H3. The van der Waals surface area contributed by atoms with Crippen LogP contribution in [0, 0.1) is 11.6 Å². The molecule has 0 aliphatic rings. The first kappa shape index (κ1) is 21.0. The summed E-state index contributed by atoms with van der Waals surface area (Å²) in [7, 11) is -2.06. The average molecular weight is 362 g/mol. The number of ether oxygens (including phenoxy) is 1. The highest BCUT2D eigenvalue weighted by Gasteiger charge is 2.40. The smallest absolute Gasteiger partial charge is 0.192 e. The Morgan fingerprint density at radius 3 is 2.17 bits per heavy atom. The molecule has 0 radical (unpaired) electrons. The fourth-order valence-corrected chi connectivity index (χ4v) is 3.36. The first-order chi connectivity index (χ1) is 11.0. The van der Waals surface area contributed by atoms with Gasteiger partial charge in [-0.25, -0.2) is 8.78 Å². The zero-order valence-electron chi connectivity index (χ0n) is 15.1. The zero-order chi connectivity index (χ0) is 18.5. The van der Waals surface area contributed by atoms with Gasteiger partial charge in [0.2, 0.25) is 0 Å². The Morgan fingerprint density at radius 1 is 1.17 bits per heavy atom. The Balaban J connectivity index is 2.74. The Kier molecular flexibility index (Phi) is 7.34. The van der Waals surface area contributed by atoms with Crippen LogP contribution >= 0.6 is 0 Å². The van der Waals surface area contributed by atoms with Gasteiger partial charge in [-0.1, -0.05) is 20.8 Å². The van der Waals surface area contributed by atoms with E-state index in [2.05, 4.69) is 33.9 Å². The fourth-order valence-electron chi connectivity index (χ4n) is 1.95. The van der Waals surface area contributed by atoms with Crippen molar-refractivity contribution in [2.24, 2.45) is 5.73 Å². The van der Waals surface area contributed by atoms with Crippen molar-refractivity contribution in [3.05, 3.63) is 29.8 Å². The van der Waals surface area contributed by atoms with E-state index in [1.165, 1.54) is 0 Å². The molecular formula is C17H29F2NO3Si. The maximum Gasteiger partial charge on any atom is 0.192 e. The lowest BCUT2D eigenvalue weighted by Crippen LogP contribution is -2.51. The van der Waals surface area contributed by atoms with Crippen molar-refractivity contribution in [1.82, 2.24) is 0 Å². The maximum atomic E-state index is 13.2. The van der Waals surface area contributed by atoms with E-state index in [4.69, 9.17) is 14.9 Å². The number of hydrogen-bond donors (Lipinski definition) is 2. The van der Waals surface area contributed by atoms with Crippen LogP contribution in [-0.2, 0) is 4.43 Å². The molecule has 1 aromatic rings. The van der Waals surface area contributed by atoms with Gasteiger partial charge in [0.15, 0.2) is 8.32 Å². The number of rotatable bonds is 8. The third kappa shape index (κ3) is 6.12. The number of nitrogens with two attached hydrogens (primary N) is 1. The van der Waals surface area contributed by atoms with Crippen LogP contribution < -0.4 is 10.5 Å². The lowest BCUT2D eigenvalue weighted by Gasteiger charge is -2.40. The second-order valence-corrected chi connectivity index (χ2v) is 12.3. The fraction of sp³-hybridized carbons (Fsp3) is 0.647. The summed E-state index contributed by atoms with van der Waals surface area (Å²) in [4.78, 5) is 0. The van der Waals surface area contributed by atoms with Gasteiger partial charge in [0.05, 0.1) is 12.1 Å². The summed E-state index contributed by atoms with van der Waals surface area (Å²) >= 11 is 0. The summed E-state index contributed by atoms with van der Waals surface area (Å²) < 4.78 is 38.0. The normalized spacial score (nSPS) is 15.2. The van der Waals surface area contributed by atoms with Crippen LogP contribution in [0.3, 0.4) is 0 Å². The van der Waals surface area contributed by atoms with Gasteiger partial charge < -0.3 is 20.0 Å². The molecule has 0 fully saturated rings. The summed E-state index contributed by atoms with van der Waals surface area (Å²) in [5, 5.41) is 9.29. The maximum absolute atomic E-state index is 13.2. The van der Waals surface area contributed by atoms with E-state index in [-0.39, 0.29) is 30.1 Å². The van der Waals surface area contributed by atoms with E-state index in [0.717, 1.165) is 18.2 Å². The minimum Gasteiger partial charge on any atom is -0.492 e. The van der Waals surface area contributed by atoms with Gasteiger partial charge in [0.1, 0.15) is 24.0 Å². The van der Waals surface area contributed by atoms with E-state index < -0.39 is 26.0 Å². The average Bonchev–Trinajstić information content (AvgIpc) is 2.42. The van der Waals surface area contributed by atoms with Crippen LogP contribution in [0.25, 0.3) is 0 Å². The van der Waals surface area contributed by atoms with Gasteiger partial charge in [-0.2, -0.15) is 0 Å². The molecule has 24 heavy (non-hydrogen) atoms. The number of aliphatic hydroxyl groups is 1. The second-order valence-electron chi connectivity index (χ2n) is 7.51. The number of aliphatic hydroxyl groups excluding tert-OH is 1. The van der Waals surface area contributed by atoms with Crippen molar-refractivity contribution >= 4 is 8.32 Å². The Morgan fingerprint density at radius 2 is 1.71 bits per heavy atom. The van der Waals surface area contributed by atoms with Gasteiger partial charge >= 0.3 is 0 Å². The lowest BCUT2D eigenvalue weighted by atomic mass is 10.1. The minimum absolute atomic E-state index is 0.00691. The Labute approximate surface area is 144 Å². The number of benzene rings is 1. The molecule has 3 N–H and O–H groups in total. The molecule has 0 amide bonds. The summed E-state index contributed by atoms with van der Waals surface area (Å²) in [5.74, 6) is -1.33. The van der Waals surface area contributed by atoms with Crippen molar-refractivity contribution in [1.29, 1.82) is 0 Å². The molecule has 4 nitrogen and oxygen atoms in total. The van der Waals surface area contributed by atoms with Gasteiger partial charge in [-0.15, -0.1) is 0 Å². The predicted octanol–water partition coefficient (Wildman–Crippen LogP) is 3.44. The second kappa shape index (κ2) is 8.38. The van der Waals surface area contributed by atoms with Crippen molar-refractivity contribution in [3.8, 4) is 5.75 Å². The van der Waals surface area contributed by atoms with Crippen LogP contribution in [0.15, 0.2) is 18.2 Å². The first-order valence-corrected chi connectivity index (χ1v) is 11.0. The van der Waals surface area contributed by atoms with E-state index in [1.807, 2.05) is 0 Å². The molecule has 0 saturated carbocycles. The summed E-state index contributed by atoms with van der Waals surface area (Å²) in [6, 6.07) is 2.47. The molecule has 2 unspecified atom stereocenters. The largest absolute Gasteiger partial charge is 0.492 e. The lowest BCUT2D eigenvalue weighted by molar-refractivity contribution is 0.0959. The third-order valence-electron chi connectivity index (χ3n) is 4.42. The van der Waals surface area contributed by atoms with Crippen LogP contribution in [0.4, 0.5) is 8.78 Å². The number of halogens is 2. The molecule has 0 aromatic heterocycles. The van der Waals surface area contributed by atoms with Gasteiger partial charge in [-0.3, -0.25) is 0 Å². The van der Waals surface area contributed by atoms with Gasteiger partial charge in [0.25, 0.3) is 0 Å². The quantitative estimate of drug-likeness (QED) is 0.696. The molecule has 0 saturated heterocycles. The first-order valence-electron chi connectivity index (χ1n) is 8.09. The van der Waals surface area contributed by atoms with Gasteiger partial charge in [-0.05, 0) is 24.6 Å². The SMILES string of the molecule is CC(C)(C)[Si](C)(C)OC(CCO)C(N)COc1cc(F)cc(F)c1. The molecule has 0 aliphatic heterocycles. The van der Waals surface area contributed by atoms with E-state index in [9.17, 15) is 13.9 Å². The zero-order valence-corrected chi connectivity index (χ0v) is 16.1. The molecule has 7 heteroatoms. The minimum atomic E-state index is -2.06. The van der Waals surface area contributed by atoms with Crippen molar-refractivity contribution in [2.75, 3.05) is 13.2 Å². The topological polar surface area (TPSA) is 64.7 Å². The summed E-state index contributed by atoms with van der Waals surface area (Å²) in [6.07, 6.45) is 0.00320. The van der Waals surface area contributed by atoms with Crippen LogP contribution in [0.1, 0.15) is 27.2 Å². The summed E-state index contributed by atoms with van der Waals surface area (Å²) in [5.41, 5.74) is 6.15. The molecule has 1 rings (SSSR count). The van der Waals surface area contributed by atoms with Crippen LogP contribution in [-0.4, -0.2) is 38.8 Å². The molecular weight excluding hydrogens is 332 g/mol. The molecule has 2 atom stereocenters. The molecule has 0 spiro atoms. The van der Waals surface area contributed by atoms with E-state index >= 15 is 0 Å². The van der Waals surface area contributed by atoms with E-state index in [0.29, 0.717) is 6.42 Å². The van der Waals surface area contributed by atoms with Gasteiger partial charge in [0, 0.05) is 24.8 Å². The molecule has 0 bridgehead atoms. The Bertz CT molecular complexity index is 515. The van der Waals surface area contributed by atoms with Crippen LogP contribution in [0.5, 0.6) is 5.75 Å². The highest BCUT2D eigenvalue weighted by molar-refractivity contribution is 6.74. The van der Waals surface area contributed by atoms with Crippen molar-refractivity contribution < 1.29 is 23.1 Å². The summed E-state index contributed by atoms with van der Waals surface area (Å²) in [6.45, 7) is 10.6. The molecule has 0 aliphatic carbocycles. The Hall–Kier alpha value is -1.02. The van der Waals surface area contributed by atoms with Crippen LogP contribution in [0.2, 0.25) is 18.1 Å². The molecule has 1 aromatic carbocycles. The predicted molar refractivity (Wildman–Crippen MR) is 93.6 cm³/mol. The molecule has 138 valence electrons. The monoisotopic (exact) mass is 361 g/mol. The van der Waals surface area contributed by atoms with E-state index in [1.54, 1.807) is 0 Å². The molecule has 0 heterocycles. The highest BCUT2D eigenvalue weighted by Crippen LogP contribution is 2.37. The van der Waals surface area contributed by atoms with Crippen molar-refractivity contribution in [3.63, 3.8) is 0 Å². The highest BCUT2D eigenvalue weighted by atomic mass is 28.4. The number of hydrogen-bond acceptors (Lipinski definition) is 4. The third-order valence-corrected chi connectivity index (χ3v) is 8.93. The van der Waals surface area contributed by atoms with Crippen molar-refractivity contribution in [2.45, 2.75) is 57.5 Å².